The smallest absolute Gasteiger partial charge is 0.497 e. The number of benzene rings is 2. The van der Waals surface area contributed by atoms with Crippen molar-refractivity contribution >= 4 is 40.1 Å². The van der Waals surface area contributed by atoms with Gasteiger partial charge in [0.1, 0.15) is 17.0 Å². The largest absolute Gasteiger partial charge is 0.573 e. The van der Waals surface area contributed by atoms with Crippen LogP contribution in [0, 0.1) is 0 Å². The van der Waals surface area contributed by atoms with Gasteiger partial charge < -0.3 is 14.4 Å². The molecular formula is C23H19ClF3N3O4. The van der Waals surface area contributed by atoms with Crippen molar-refractivity contribution in [3.63, 3.8) is 0 Å². The van der Waals surface area contributed by atoms with E-state index in [2.05, 4.69) is 9.72 Å². The first kappa shape index (κ1) is 23.6. The fraction of sp³-hybridized carbons (Fsp3) is 0.261. The standard InChI is InChI=1S/C23H19ClF3N3O4/c1-22(2)20(31)30(13-4-6-14(7-5-13)34-23(25,26)27)21(32)29(22)12-17-16-10-15(33-3)8-9-19(16)28-11-18(17)24/h4-11H,12H2,1-3H3. The minimum Gasteiger partial charge on any atom is -0.497 e. The second-order valence-electron chi connectivity index (χ2n) is 8.08. The van der Waals surface area contributed by atoms with Gasteiger partial charge in [-0.1, -0.05) is 11.6 Å². The summed E-state index contributed by atoms with van der Waals surface area (Å²) < 4.78 is 46.5. The Kier molecular flexibility index (Phi) is 5.80. The van der Waals surface area contributed by atoms with Crippen LogP contribution in [0.25, 0.3) is 10.9 Å². The van der Waals surface area contributed by atoms with Gasteiger partial charge in [-0.25, -0.2) is 9.69 Å². The van der Waals surface area contributed by atoms with Gasteiger partial charge in [0.05, 0.1) is 29.9 Å². The number of hydrogen-bond donors (Lipinski definition) is 0. The molecule has 0 bridgehead atoms. The van der Waals surface area contributed by atoms with Crippen molar-refractivity contribution in [1.29, 1.82) is 0 Å². The molecule has 3 aromatic rings. The topological polar surface area (TPSA) is 72.0 Å². The highest BCUT2D eigenvalue weighted by Crippen LogP contribution is 2.37. The molecule has 1 aromatic heterocycles. The van der Waals surface area contributed by atoms with Crippen LogP contribution in [-0.2, 0) is 11.3 Å². The van der Waals surface area contributed by atoms with Crippen molar-refractivity contribution in [3.05, 3.63) is 59.2 Å². The van der Waals surface area contributed by atoms with Crippen LogP contribution in [0.4, 0.5) is 23.7 Å². The molecule has 1 saturated heterocycles. The number of ether oxygens (including phenoxy) is 2. The molecule has 34 heavy (non-hydrogen) atoms. The van der Waals surface area contributed by atoms with Gasteiger partial charge in [0, 0.05) is 17.1 Å². The molecular weight excluding hydrogens is 475 g/mol. The highest BCUT2D eigenvalue weighted by atomic mass is 35.5. The third kappa shape index (κ3) is 4.21. The normalized spacial score (nSPS) is 15.9. The molecule has 2 aromatic carbocycles. The van der Waals surface area contributed by atoms with Gasteiger partial charge in [-0.3, -0.25) is 9.78 Å². The van der Waals surface area contributed by atoms with Crippen LogP contribution in [0.2, 0.25) is 5.02 Å². The molecule has 0 saturated carbocycles. The first-order valence-electron chi connectivity index (χ1n) is 10.1. The Morgan fingerprint density at radius 1 is 1.06 bits per heavy atom. The number of rotatable bonds is 5. The summed E-state index contributed by atoms with van der Waals surface area (Å²) in [5.74, 6) is -0.423. The molecule has 1 aliphatic heterocycles. The van der Waals surface area contributed by atoms with Crippen LogP contribution >= 0.6 is 11.6 Å². The van der Waals surface area contributed by atoms with E-state index in [0.29, 0.717) is 27.2 Å². The first-order chi connectivity index (χ1) is 15.9. The summed E-state index contributed by atoms with van der Waals surface area (Å²) >= 11 is 6.43. The van der Waals surface area contributed by atoms with E-state index in [0.717, 1.165) is 17.0 Å². The van der Waals surface area contributed by atoms with Crippen LogP contribution in [0.3, 0.4) is 0 Å². The average Bonchev–Trinajstić information content (AvgIpc) is 2.94. The maximum Gasteiger partial charge on any atom is 0.573 e. The second kappa shape index (κ2) is 8.35. The van der Waals surface area contributed by atoms with Crippen LogP contribution in [-0.4, -0.2) is 40.8 Å². The average molecular weight is 494 g/mol. The van der Waals surface area contributed by atoms with E-state index >= 15 is 0 Å². The Labute approximate surface area is 197 Å². The van der Waals surface area contributed by atoms with E-state index in [-0.39, 0.29) is 12.2 Å². The zero-order chi connectivity index (χ0) is 24.8. The van der Waals surface area contributed by atoms with E-state index in [4.69, 9.17) is 16.3 Å². The number of fused-ring (bicyclic) bond motifs is 1. The molecule has 2 heterocycles. The molecule has 11 heteroatoms. The predicted molar refractivity (Wildman–Crippen MR) is 119 cm³/mol. The van der Waals surface area contributed by atoms with Crippen molar-refractivity contribution in [2.45, 2.75) is 32.3 Å². The van der Waals surface area contributed by atoms with E-state index in [1.165, 1.54) is 30.3 Å². The maximum atomic E-state index is 13.4. The maximum absolute atomic E-state index is 13.4. The lowest BCUT2D eigenvalue weighted by molar-refractivity contribution is -0.274. The molecule has 4 rings (SSSR count). The molecule has 0 aliphatic carbocycles. The summed E-state index contributed by atoms with van der Waals surface area (Å²) in [4.78, 5) is 33.1. The number of alkyl halides is 3. The Balaban J connectivity index is 1.69. The van der Waals surface area contributed by atoms with E-state index < -0.39 is 29.6 Å². The summed E-state index contributed by atoms with van der Waals surface area (Å²) in [6.07, 6.45) is -3.38. The van der Waals surface area contributed by atoms with E-state index in [1.807, 2.05) is 0 Å². The van der Waals surface area contributed by atoms with Crippen LogP contribution in [0.1, 0.15) is 19.4 Å². The molecule has 3 amide bonds. The first-order valence-corrected chi connectivity index (χ1v) is 10.4. The third-order valence-electron chi connectivity index (χ3n) is 5.60. The summed E-state index contributed by atoms with van der Waals surface area (Å²) in [6.45, 7) is 3.17. The molecule has 0 atom stereocenters. The zero-order valence-electron chi connectivity index (χ0n) is 18.3. The summed E-state index contributed by atoms with van der Waals surface area (Å²) in [5, 5.41) is 0.971. The molecule has 178 valence electrons. The van der Waals surface area contributed by atoms with Gasteiger partial charge in [0.15, 0.2) is 0 Å². The second-order valence-corrected chi connectivity index (χ2v) is 8.48. The SMILES string of the molecule is COc1ccc2ncc(Cl)c(CN3C(=O)N(c4ccc(OC(F)(F)F)cc4)C(=O)C3(C)C)c2c1. The lowest BCUT2D eigenvalue weighted by Gasteiger charge is -2.28. The Morgan fingerprint density at radius 2 is 1.71 bits per heavy atom. The highest BCUT2D eigenvalue weighted by Gasteiger charge is 2.52. The monoisotopic (exact) mass is 493 g/mol. The van der Waals surface area contributed by atoms with Crippen molar-refractivity contribution in [2.75, 3.05) is 12.0 Å². The van der Waals surface area contributed by atoms with Crippen LogP contribution in [0.5, 0.6) is 11.5 Å². The number of nitrogens with zero attached hydrogens (tertiary/aromatic N) is 3. The number of pyridine rings is 1. The fourth-order valence-corrected chi connectivity index (χ4v) is 3.98. The third-order valence-corrected chi connectivity index (χ3v) is 5.93. The minimum atomic E-state index is -4.85. The number of halogens is 4. The predicted octanol–water partition coefficient (Wildman–Crippen LogP) is 5.54. The van der Waals surface area contributed by atoms with Gasteiger partial charge in [0.2, 0.25) is 0 Å². The molecule has 0 radical (unpaired) electrons. The summed E-state index contributed by atoms with van der Waals surface area (Å²) in [5.41, 5.74) is 0.0758. The number of anilines is 1. The molecule has 1 fully saturated rings. The van der Waals surface area contributed by atoms with Gasteiger partial charge in [-0.05, 0) is 56.3 Å². The number of carbonyl (C=O) groups excluding carboxylic acids is 2. The van der Waals surface area contributed by atoms with Crippen LogP contribution < -0.4 is 14.4 Å². The van der Waals surface area contributed by atoms with E-state index in [9.17, 15) is 22.8 Å². The summed E-state index contributed by atoms with van der Waals surface area (Å²) in [6, 6.07) is 9.13. The Morgan fingerprint density at radius 3 is 2.32 bits per heavy atom. The van der Waals surface area contributed by atoms with Crippen molar-refractivity contribution in [2.24, 2.45) is 0 Å². The van der Waals surface area contributed by atoms with Crippen molar-refractivity contribution in [3.8, 4) is 11.5 Å². The fourth-order valence-electron chi connectivity index (χ4n) is 3.77. The number of imide groups is 1. The Hall–Kier alpha value is -3.53. The summed E-state index contributed by atoms with van der Waals surface area (Å²) in [7, 11) is 1.52. The Bertz CT molecular complexity index is 1280. The van der Waals surface area contributed by atoms with Crippen molar-refractivity contribution < 1.29 is 32.2 Å². The highest BCUT2D eigenvalue weighted by molar-refractivity contribution is 6.32. The molecule has 0 spiro atoms. The van der Waals surface area contributed by atoms with Gasteiger partial charge in [-0.2, -0.15) is 0 Å². The molecule has 0 N–H and O–H groups in total. The number of methoxy groups -OCH3 is 1. The molecule has 7 nitrogen and oxygen atoms in total. The number of urea groups is 1. The van der Waals surface area contributed by atoms with Crippen molar-refractivity contribution in [1.82, 2.24) is 9.88 Å². The lowest BCUT2D eigenvalue weighted by atomic mass is 10.0. The minimum absolute atomic E-state index is 0.00559. The van der Waals surface area contributed by atoms with Gasteiger partial charge in [-0.15, -0.1) is 13.2 Å². The van der Waals surface area contributed by atoms with Crippen LogP contribution in [0.15, 0.2) is 48.7 Å². The number of aromatic nitrogens is 1. The quantitative estimate of drug-likeness (QED) is 0.436. The lowest BCUT2D eigenvalue weighted by Crippen LogP contribution is -2.43. The number of carbonyl (C=O) groups is 2. The number of amides is 3. The molecule has 1 aliphatic rings. The van der Waals surface area contributed by atoms with Gasteiger partial charge >= 0.3 is 12.4 Å². The molecule has 0 unspecified atom stereocenters. The van der Waals surface area contributed by atoms with Gasteiger partial charge in [0.25, 0.3) is 5.91 Å². The zero-order valence-corrected chi connectivity index (χ0v) is 19.1. The van der Waals surface area contributed by atoms with E-state index in [1.54, 1.807) is 32.0 Å². The number of hydrogen-bond acceptors (Lipinski definition) is 5.